The van der Waals surface area contributed by atoms with E-state index >= 15 is 0 Å². The van der Waals surface area contributed by atoms with E-state index in [0.29, 0.717) is 18.4 Å². The number of hydrogen-bond acceptors (Lipinski definition) is 3. The zero-order valence-electron chi connectivity index (χ0n) is 11.9. The fraction of sp³-hybridized carbons (Fsp3) is 0.714. The van der Waals surface area contributed by atoms with Crippen LogP contribution in [0, 0.1) is 0 Å². The molecule has 1 saturated heterocycles. The predicted octanol–water partition coefficient (Wildman–Crippen LogP) is 2.49. The highest BCUT2D eigenvalue weighted by Crippen LogP contribution is 2.15. The van der Waals surface area contributed by atoms with Gasteiger partial charge in [0.05, 0.1) is 5.69 Å². The Balaban J connectivity index is 1.92. The van der Waals surface area contributed by atoms with Crippen LogP contribution >= 0.6 is 0 Å². The van der Waals surface area contributed by atoms with E-state index in [0.717, 1.165) is 24.5 Å². The molecule has 1 aromatic rings. The smallest absolute Gasteiger partial charge is 0.191 e. The maximum absolute atomic E-state index is 6.05. The van der Waals surface area contributed by atoms with Crippen molar-refractivity contribution in [2.45, 2.75) is 52.0 Å². The molecule has 2 N–H and O–H groups in total. The van der Waals surface area contributed by atoms with Crippen molar-refractivity contribution in [2.24, 2.45) is 10.7 Å². The Morgan fingerprint density at radius 3 is 2.63 bits per heavy atom. The lowest BCUT2D eigenvalue weighted by Crippen LogP contribution is -2.38. The van der Waals surface area contributed by atoms with Crippen LogP contribution in [-0.4, -0.2) is 29.1 Å². The molecule has 1 aliphatic heterocycles. The molecule has 0 spiro atoms. The Bertz CT molecular complexity index is 417. The van der Waals surface area contributed by atoms with Crippen LogP contribution in [0.15, 0.2) is 15.6 Å². The van der Waals surface area contributed by atoms with E-state index in [4.69, 9.17) is 10.3 Å². The fourth-order valence-corrected chi connectivity index (χ4v) is 2.23. The van der Waals surface area contributed by atoms with E-state index in [2.05, 4.69) is 28.9 Å². The van der Waals surface area contributed by atoms with Crippen LogP contribution in [0.1, 0.15) is 56.9 Å². The van der Waals surface area contributed by atoms with E-state index in [1.165, 1.54) is 25.7 Å². The summed E-state index contributed by atoms with van der Waals surface area (Å²) in [4.78, 5) is 6.59. The van der Waals surface area contributed by atoms with Gasteiger partial charge in [-0.1, -0.05) is 31.8 Å². The van der Waals surface area contributed by atoms with Gasteiger partial charge in [-0.2, -0.15) is 0 Å². The van der Waals surface area contributed by atoms with Crippen molar-refractivity contribution >= 4 is 5.96 Å². The van der Waals surface area contributed by atoms with Gasteiger partial charge in [-0.25, -0.2) is 4.99 Å². The quantitative estimate of drug-likeness (QED) is 0.672. The van der Waals surface area contributed by atoms with Crippen LogP contribution < -0.4 is 5.73 Å². The molecule has 2 heterocycles. The second-order valence-electron chi connectivity index (χ2n) is 5.45. The van der Waals surface area contributed by atoms with Gasteiger partial charge >= 0.3 is 0 Å². The summed E-state index contributed by atoms with van der Waals surface area (Å²) in [5, 5.41) is 4.02. The van der Waals surface area contributed by atoms with Gasteiger partial charge in [0.15, 0.2) is 11.7 Å². The minimum atomic E-state index is 0.379. The summed E-state index contributed by atoms with van der Waals surface area (Å²) >= 11 is 0. The van der Waals surface area contributed by atoms with Crippen molar-refractivity contribution in [3.63, 3.8) is 0 Å². The molecule has 0 saturated carbocycles. The predicted molar refractivity (Wildman–Crippen MR) is 76.0 cm³/mol. The molecule has 19 heavy (non-hydrogen) atoms. The summed E-state index contributed by atoms with van der Waals surface area (Å²) in [5.41, 5.74) is 7.02. The third-order valence-electron chi connectivity index (χ3n) is 3.50. The number of guanidine groups is 1. The van der Waals surface area contributed by atoms with Gasteiger partial charge < -0.3 is 15.2 Å². The van der Waals surface area contributed by atoms with E-state index in [1.807, 2.05) is 6.07 Å². The molecular formula is C14H24N4O. The van der Waals surface area contributed by atoms with Gasteiger partial charge in [0.2, 0.25) is 0 Å². The summed E-state index contributed by atoms with van der Waals surface area (Å²) in [6, 6.07) is 1.96. The van der Waals surface area contributed by atoms with Crippen molar-refractivity contribution in [3.05, 3.63) is 17.5 Å². The number of rotatable bonds is 3. The topological polar surface area (TPSA) is 67.7 Å². The molecule has 1 fully saturated rings. The Hall–Kier alpha value is -1.52. The van der Waals surface area contributed by atoms with Gasteiger partial charge in [-0.05, 0) is 18.8 Å². The maximum atomic E-state index is 6.05. The molecule has 1 aromatic heterocycles. The number of aromatic nitrogens is 1. The van der Waals surface area contributed by atoms with Gasteiger partial charge in [0.1, 0.15) is 6.54 Å². The standard InChI is InChI=1S/C14H24N4O/c1-11(2)13-9-12(19-17-13)10-16-14(15)18-7-5-3-4-6-8-18/h9,11H,3-8,10H2,1-2H3,(H2,15,16). The molecule has 0 aliphatic carbocycles. The summed E-state index contributed by atoms with van der Waals surface area (Å²) in [6.07, 6.45) is 5.00. The third-order valence-corrected chi connectivity index (χ3v) is 3.50. The summed E-state index contributed by atoms with van der Waals surface area (Å²) in [5.74, 6) is 1.79. The second-order valence-corrected chi connectivity index (χ2v) is 5.45. The number of hydrogen-bond donors (Lipinski definition) is 1. The number of aliphatic imine (C=N–C) groups is 1. The van der Waals surface area contributed by atoms with Gasteiger partial charge in [-0.15, -0.1) is 0 Å². The molecular weight excluding hydrogens is 240 g/mol. The molecule has 0 unspecified atom stereocenters. The van der Waals surface area contributed by atoms with Crippen molar-refractivity contribution in [3.8, 4) is 0 Å². The number of nitrogens with zero attached hydrogens (tertiary/aromatic N) is 3. The lowest BCUT2D eigenvalue weighted by molar-refractivity contribution is 0.374. The van der Waals surface area contributed by atoms with Gasteiger partial charge in [0, 0.05) is 19.2 Å². The highest BCUT2D eigenvalue weighted by Gasteiger charge is 2.11. The molecule has 0 aromatic carbocycles. The van der Waals surface area contributed by atoms with Crippen LogP contribution in [0.3, 0.4) is 0 Å². The maximum Gasteiger partial charge on any atom is 0.191 e. The van der Waals surface area contributed by atoms with Gasteiger partial charge in [-0.3, -0.25) is 0 Å². The Morgan fingerprint density at radius 2 is 2.05 bits per heavy atom. The Labute approximate surface area is 114 Å². The van der Waals surface area contributed by atoms with Crippen LogP contribution in [0.4, 0.5) is 0 Å². The highest BCUT2D eigenvalue weighted by atomic mass is 16.5. The monoisotopic (exact) mass is 264 g/mol. The Kier molecular flexibility index (Phi) is 4.82. The molecule has 5 nitrogen and oxygen atoms in total. The van der Waals surface area contributed by atoms with Crippen LogP contribution in [0.25, 0.3) is 0 Å². The third kappa shape index (κ3) is 3.98. The first kappa shape index (κ1) is 13.9. The van der Waals surface area contributed by atoms with Crippen molar-refractivity contribution < 1.29 is 4.52 Å². The normalized spacial score (nSPS) is 17.8. The summed E-state index contributed by atoms with van der Waals surface area (Å²) in [6.45, 7) is 6.70. The van der Waals surface area contributed by atoms with Crippen molar-refractivity contribution in [1.29, 1.82) is 0 Å². The average molecular weight is 264 g/mol. The SMILES string of the molecule is CC(C)c1cc(CN=C(N)N2CCCCCC2)on1. The van der Waals surface area contributed by atoms with E-state index in [9.17, 15) is 0 Å². The highest BCUT2D eigenvalue weighted by molar-refractivity contribution is 5.78. The van der Waals surface area contributed by atoms with Crippen LogP contribution in [0.2, 0.25) is 0 Å². The minimum Gasteiger partial charge on any atom is -0.370 e. The second kappa shape index (κ2) is 6.59. The van der Waals surface area contributed by atoms with Gasteiger partial charge in [0.25, 0.3) is 0 Å². The van der Waals surface area contributed by atoms with E-state index < -0.39 is 0 Å². The zero-order chi connectivity index (χ0) is 13.7. The first-order chi connectivity index (χ1) is 9.16. The van der Waals surface area contributed by atoms with Crippen molar-refractivity contribution in [1.82, 2.24) is 10.1 Å². The average Bonchev–Trinajstić information content (AvgIpc) is 2.70. The first-order valence-corrected chi connectivity index (χ1v) is 7.17. The first-order valence-electron chi connectivity index (χ1n) is 7.17. The molecule has 5 heteroatoms. The van der Waals surface area contributed by atoms with E-state index in [1.54, 1.807) is 0 Å². The summed E-state index contributed by atoms with van der Waals surface area (Å²) < 4.78 is 5.26. The Morgan fingerprint density at radius 1 is 1.37 bits per heavy atom. The molecule has 0 amide bonds. The number of nitrogens with two attached hydrogens (primary N) is 1. The molecule has 106 valence electrons. The molecule has 0 atom stereocenters. The van der Waals surface area contributed by atoms with Crippen molar-refractivity contribution in [2.75, 3.05) is 13.1 Å². The zero-order valence-corrected chi connectivity index (χ0v) is 11.9. The largest absolute Gasteiger partial charge is 0.370 e. The molecule has 0 bridgehead atoms. The van der Waals surface area contributed by atoms with Crippen LogP contribution in [-0.2, 0) is 6.54 Å². The molecule has 0 radical (unpaired) electrons. The van der Waals surface area contributed by atoms with E-state index in [-0.39, 0.29) is 0 Å². The summed E-state index contributed by atoms with van der Waals surface area (Å²) in [7, 11) is 0. The minimum absolute atomic E-state index is 0.379. The lowest BCUT2D eigenvalue weighted by atomic mass is 10.1. The lowest BCUT2D eigenvalue weighted by Gasteiger charge is -2.20. The molecule has 1 aliphatic rings. The van der Waals surface area contributed by atoms with Crippen LogP contribution in [0.5, 0.6) is 0 Å². The fourth-order valence-electron chi connectivity index (χ4n) is 2.23. The molecule has 2 rings (SSSR count). The number of likely N-dealkylation sites (tertiary alicyclic amines) is 1.